The van der Waals surface area contributed by atoms with E-state index in [4.69, 9.17) is 0 Å². The highest BCUT2D eigenvalue weighted by atomic mass is 15.0. The number of benzene rings is 7. The Morgan fingerprint density at radius 1 is 0.375 bits per heavy atom. The highest BCUT2D eigenvalue weighted by Gasteiger charge is 2.19. The molecule has 0 fully saturated rings. The summed E-state index contributed by atoms with van der Waals surface area (Å²) in [7, 11) is 0. The van der Waals surface area contributed by atoms with E-state index in [1.807, 2.05) is 42.5 Å². The molecule has 4 heteroatoms. The van der Waals surface area contributed by atoms with Crippen molar-refractivity contribution in [2.24, 2.45) is 0 Å². The number of fused-ring (bicyclic) bond motifs is 6. The van der Waals surface area contributed by atoms with E-state index in [-0.39, 0.29) is 0 Å². The quantitative estimate of drug-likeness (QED) is 0.199. The zero-order valence-corrected chi connectivity index (χ0v) is 25.8. The fourth-order valence-electron chi connectivity index (χ4n) is 7.24. The number of nitriles is 2. The van der Waals surface area contributed by atoms with Gasteiger partial charge in [0.2, 0.25) is 0 Å². The average Bonchev–Trinajstić information content (AvgIpc) is 3.67. The second-order valence-electron chi connectivity index (χ2n) is 12.0. The van der Waals surface area contributed by atoms with Crippen molar-refractivity contribution >= 4 is 43.6 Å². The molecule has 0 bridgehead atoms. The Labute approximate surface area is 277 Å². The maximum Gasteiger partial charge on any atom is 0.101 e. The van der Waals surface area contributed by atoms with E-state index in [2.05, 4.69) is 137 Å². The van der Waals surface area contributed by atoms with Crippen LogP contribution in [0.1, 0.15) is 11.1 Å². The molecular formula is C44H26N4. The molecule has 0 aliphatic rings. The van der Waals surface area contributed by atoms with Crippen LogP contribution in [0.5, 0.6) is 0 Å². The molecule has 0 radical (unpaired) electrons. The van der Waals surface area contributed by atoms with E-state index >= 15 is 0 Å². The zero-order valence-electron chi connectivity index (χ0n) is 25.8. The van der Waals surface area contributed by atoms with E-state index in [9.17, 15) is 10.5 Å². The van der Waals surface area contributed by atoms with Crippen molar-refractivity contribution in [2.45, 2.75) is 0 Å². The largest absolute Gasteiger partial charge is 0.309 e. The molecule has 0 aliphatic heterocycles. The first-order valence-corrected chi connectivity index (χ1v) is 15.9. The topological polar surface area (TPSA) is 57.4 Å². The normalized spacial score (nSPS) is 11.3. The van der Waals surface area contributed by atoms with Crippen LogP contribution in [0.15, 0.2) is 158 Å². The van der Waals surface area contributed by atoms with Gasteiger partial charge in [0.25, 0.3) is 0 Å². The van der Waals surface area contributed by atoms with Gasteiger partial charge in [0.1, 0.15) is 6.07 Å². The minimum absolute atomic E-state index is 0.569. The van der Waals surface area contributed by atoms with Gasteiger partial charge >= 0.3 is 0 Å². The van der Waals surface area contributed by atoms with Crippen molar-refractivity contribution in [3.8, 4) is 45.8 Å². The van der Waals surface area contributed by atoms with Crippen molar-refractivity contribution in [3.63, 3.8) is 0 Å². The molecule has 4 nitrogen and oxygen atoms in total. The summed E-state index contributed by atoms with van der Waals surface area (Å²) >= 11 is 0. The predicted molar refractivity (Wildman–Crippen MR) is 195 cm³/mol. The Kier molecular flexibility index (Phi) is 6.22. The van der Waals surface area contributed by atoms with E-state index in [1.54, 1.807) is 0 Å². The Balaban J connectivity index is 1.30. The van der Waals surface area contributed by atoms with Gasteiger partial charge in [-0.1, -0.05) is 103 Å². The molecular weight excluding hydrogens is 585 g/mol. The van der Waals surface area contributed by atoms with Crippen LogP contribution in [0.4, 0.5) is 0 Å². The Hall–Kier alpha value is -6.88. The molecule has 9 rings (SSSR count). The van der Waals surface area contributed by atoms with Crippen LogP contribution in [0.3, 0.4) is 0 Å². The zero-order chi connectivity index (χ0) is 32.2. The van der Waals surface area contributed by atoms with Crippen LogP contribution in [0.2, 0.25) is 0 Å². The van der Waals surface area contributed by atoms with Crippen LogP contribution in [-0.2, 0) is 0 Å². The van der Waals surface area contributed by atoms with Gasteiger partial charge < -0.3 is 9.13 Å². The second-order valence-corrected chi connectivity index (χ2v) is 12.0. The van der Waals surface area contributed by atoms with Gasteiger partial charge in [0.05, 0.1) is 50.6 Å². The first-order chi connectivity index (χ1) is 23.7. The SMILES string of the molecule is N#Cc1ccc2c(c1)c1ccccc1n2-c1ccc(-c2ccc(-c3ccccc3)cc2-n2c3ccccc3c3ccccc32)cc1C#N. The lowest BCUT2D eigenvalue weighted by Gasteiger charge is -2.17. The number of nitrogens with zero attached hydrogens (tertiary/aromatic N) is 4. The van der Waals surface area contributed by atoms with Gasteiger partial charge in [0, 0.05) is 27.1 Å². The molecule has 0 aliphatic carbocycles. The van der Waals surface area contributed by atoms with Gasteiger partial charge in [-0.05, 0) is 71.3 Å². The van der Waals surface area contributed by atoms with Crippen molar-refractivity contribution in [3.05, 3.63) is 169 Å². The van der Waals surface area contributed by atoms with Crippen molar-refractivity contribution in [1.82, 2.24) is 9.13 Å². The molecule has 0 unspecified atom stereocenters. The lowest BCUT2D eigenvalue weighted by atomic mass is 9.96. The molecule has 2 aromatic heterocycles. The summed E-state index contributed by atoms with van der Waals surface area (Å²) in [4.78, 5) is 0. The summed E-state index contributed by atoms with van der Waals surface area (Å²) < 4.78 is 4.49. The minimum atomic E-state index is 0.569. The third kappa shape index (κ3) is 4.14. The highest BCUT2D eigenvalue weighted by molar-refractivity contribution is 6.11. The summed E-state index contributed by atoms with van der Waals surface area (Å²) in [6, 6.07) is 59.0. The van der Waals surface area contributed by atoms with E-state index < -0.39 is 0 Å². The van der Waals surface area contributed by atoms with Crippen LogP contribution in [0, 0.1) is 22.7 Å². The molecule has 9 aromatic rings. The van der Waals surface area contributed by atoms with Gasteiger partial charge in [-0.15, -0.1) is 0 Å². The lowest BCUT2D eigenvalue weighted by Crippen LogP contribution is -2.00. The van der Waals surface area contributed by atoms with Gasteiger partial charge in [0.15, 0.2) is 0 Å². The summed E-state index contributed by atoms with van der Waals surface area (Å²) in [6.45, 7) is 0. The standard InChI is InChI=1S/C44H26N4/c45-27-29-18-22-43-38(24-29)37-14-6-9-17-42(37)47(43)39-23-20-32(25-33(39)28-46)34-21-19-31(30-10-2-1-3-11-30)26-44(34)48-40-15-7-4-12-35(40)36-13-5-8-16-41(36)48/h1-26H. The van der Waals surface area contributed by atoms with Crippen LogP contribution < -0.4 is 0 Å². The molecule has 7 aromatic carbocycles. The summed E-state index contributed by atoms with van der Waals surface area (Å²) in [5.41, 5.74) is 11.5. The number of hydrogen-bond acceptors (Lipinski definition) is 2. The predicted octanol–water partition coefficient (Wildman–Crippen LogP) is 11.0. The molecule has 0 N–H and O–H groups in total. The number of para-hydroxylation sites is 3. The molecule has 0 saturated carbocycles. The summed E-state index contributed by atoms with van der Waals surface area (Å²) in [6.07, 6.45) is 0. The molecule has 0 saturated heterocycles. The van der Waals surface area contributed by atoms with Crippen LogP contribution in [-0.4, -0.2) is 9.13 Å². The minimum Gasteiger partial charge on any atom is -0.309 e. The molecule has 222 valence electrons. The van der Waals surface area contributed by atoms with Crippen molar-refractivity contribution < 1.29 is 0 Å². The maximum absolute atomic E-state index is 10.6. The van der Waals surface area contributed by atoms with Gasteiger partial charge in [-0.3, -0.25) is 0 Å². The number of hydrogen-bond donors (Lipinski definition) is 0. The van der Waals surface area contributed by atoms with Crippen LogP contribution in [0.25, 0.3) is 77.2 Å². The van der Waals surface area contributed by atoms with Crippen LogP contribution >= 0.6 is 0 Å². The fourth-order valence-corrected chi connectivity index (χ4v) is 7.24. The van der Waals surface area contributed by atoms with E-state index in [1.165, 1.54) is 10.8 Å². The smallest absolute Gasteiger partial charge is 0.101 e. The average molecular weight is 611 g/mol. The lowest BCUT2D eigenvalue weighted by molar-refractivity contribution is 1.16. The molecule has 0 amide bonds. The molecule has 2 heterocycles. The van der Waals surface area contributed by atoms with Gasteiger partial charge in [-0.2, -0.15) is 10.5 Å². The molecule has 48 heavy (non-hydrogen) atoms. The summed E-state index contributed by atoms with van der Waals surface area (Å²) in [5, 5.41) is 24.7. The van der Waals surface area contributed by atoms with Crippen molar-refractivity contribution in [2.75, 3.05) is 0 Å². The third-order valence-electron chi connectivity index (χ3n) is 9.40. The second kappa shape index (κ2) is 10.9. The Bertz CT molecular complexity index is 2750. The molecule has 0 atom stereocenters. The first kappa shape index (κ1) is 27.4. The summed E-state index contributed by atoms with van der Waals surface area (Å²) in [5.74, 6) is 0. The number of rotatable bonds is 4. The number of aromatic nitrogens is 2. The fraction of sp³-hybridized carbons (Fsp3) is 0. The van der Waals surface area contributed by atoms with Gasteiger partial charge in [-0.25, -0.2) is 0 Å². The van der Waals surface area contributed by atoms with E-state index in [0.29, 0.717) is 11.1 Å². The highest BCUT2D eigenvalue weighted by Crippen LogP contribution is 2.40. The maximum atomic E-state index is 10.6. The monoisotopic (exact) mass is 610 g/mol. The van der Waals surface area contributed by atoms with Crippen molar-refractivity contribution in [1.29, 1.82) is 10.5 Å². The molecule has 0 spiro atoms. The first-order valence-electron chi connectivity index (χ1n) is 15.9. The third-order valence-corrected chi connectivity index (χ3v) is 9.40. The Morgan fingerprint density at radius 3 is 1.58 bits per heavy atom. The van der Waals surface area contributed by atoms with E-state index in [0.717, 1.165) is 66.5 Å². The Morgan fingerprint density at radius 2 is 0.938 bits per heavy atom.